The standard InChI is InChI=1S/C13H21BrN2O2S/c1-9-5-10(7-15)6-11(12(9)14)19(17,18)16-8-13(2,3)4/h5-6,16H,7-8,15H2,1-4H3. The SMILES string of the molecule is Cc1cc(CN)cc(S(=O)(=O)NCC(C)(C)C)c1Br. The summed E-state index contributed by atoms with van der Waals surface area (Å²) >= 11 is 3.34. The molecule has 0 saturated carbocycles. The average Bonchev–Trinajstić information content (AvgIpc) is 2.29. The molecule has 0 fully saturated rings. The molecule has 1 rings (SSSR count). The minimum absolute atomic E-state index is 0.111. The third-order valence-corrected chi connectivity index (χ3v) is 5.34. The number of aryl methyl sites for hydroxylation is 1. The lowest BCUT2D eigenvalue weighted by Crippen LogP contribution is -2.32. The van der Waals surface area contributed by atoms with Crippen LogP contribution >= 0.6 is 15.9 Å². The second kappa shape index (κ2) is 5.91. The molecule has 0 aliphatic heterocycles. The first-order valence-electron chi connectivity index (χ1n) is 6.05. The van der Waals surface area contributed by atoms with E-state index < -0.39 is 10.0 Å². The van der Waals surface area contributed by atoms with Crippen LogP contribution in [0.15, 0.2) is 21.5 Å². The first kappa shape index (κ1) is 16.6. The summed E-state index contributed by atoms with van der Waals surface area (Å²) in [5.74, 6) is 0. The second-order valence-electron chi connectivity index (χ2n) is 5.81. The van der Waals surface area contributed by atoms with Crippen LogP contribution in [-0.4, -0.2) is 15.0 Å². The molecule has 0 atom stereocenters. The third-order valence-electron chi connectivity index (χ3n) is 2.60. The first-order valence-corrected chi connectivity index (χ1v) is 8.33. The summed E-state index contributed by atoms with van der Waals surface area (Å²) in [6.07, 6.45) is 0. The van der Waals surface area contributed by atoms with Gasteiger partial charge in [0.1, 0.15) is 0 Å². The summed E-state index contributed by atoms with van der Waals surface area (Å²) in [5.41, 5.74) is 7.15. The maximum Gasteiger partial charge on any atom is 0.241 e. The lowest BCUT2D eigenvalue weighted by atomic mass is 9.98. The number of halogens is 1. The van der Waals surface area contributed by atoms with Crippen molar-refractivity contribution in [2.75, 3.05) is 6.54 Å². The van der Waals surface area contributed by atoms with Crippen LogP contribution in [0.4, 0.5) is 0 Å². The normalized spacial score (nSPS) is 12.7. The predicted molar refractivity (Wildman–Crippen MR) is 81.4 cm³/mol. The lowest BCUT2D eigenvalue weighted by Gasteiger charge is -2.19. The summed E-state index contributed by atoms with van der Waals surface area (Å²) < 4.78 is 27.9. The molecule has 3 N–H and O–H groups in total. The van der Waals surface area contributed by atoms with Crippen molar-refractivity contribution >= 4 is 26.0 Å². The van der Waals surface area contributed by atoms with Gasteiger partial charge in [0.25, 0.3) is 0 Å². The summed E-state index contributed by atoms with van der Waals surface area (Å²) in [5, 5.41) is 0. The zero-order valence-electron chi connectivity index (χ0n) is 11.7. The molecule has 0 heterocycles. The van der Waals surface area contributed by atoms with Gasteiger partial charge in [-0.2, -0.15) is 0 Å². The van der Waals surface area contributed by atoms with Crippen LogP contribution in [0, 0.1) is 12.3 Å². The Morgan fingerprint density at radius 2 is 1.89 bits per heavy atom. The summed E-state index contributed by atoms with van der Waals surface area (Å²) in [6.45, 7) is 8.49. The molecule has 0 radical (unpaired) electrons. The quantitative estimate of drug-likeness (QED) is 0.877. The maximum absolute atomic E-state index is 12.3. The van der Waals surface area contributed by atoms with Crippen LogP contribution in [-0.2, 0) is 16.6 Å². The first-order chi connectivity index (χ1) is 8.57. The van der Waals surface area contributed by atoms with Crippen molar-refractivity contribution in [3.05, 3.63) is 27.7 Å². The molecule has 0 aromatic heterocycles. The zero-order chi connectivity index (χ0) is 14.8. The van der Waals surface area contributed by atoms with Gasteiger partial charge >= 0.3 is 0 Å². The van der Waals surface area contributed by atoms with Gasteiger partial charge in [-0.15, -0.1) is 0 Å². The molecule has 4 nitrogen and oxygen atoms in total. The number of nitrogens with one attached hydrogen (secondary N) is 1. The van der Waals surface area contributed by atoms with E-state index in [4.69, 9.17) is 5.73 Å². The molecule has 19 heavy (non-hydrogen) atoms. The van der Waals surface area contributed by atoms with Crippen molar-refractivity contribution in [3.8, 4) is 0 Å². The van der Waals surface area contributed by atoms with Crippen LogP contribution in [0.3, 0.4) is 0 Å². The van der Waals surface area contributed by atoms with Gasteiger partial charge in [-0.05, 0) is 45.5 Å². The van der Waals surface area contributed by atoms with E-state index in [-0.39, 0.29) is 10.3 Å². The Kier molecular flexibility index (Phi) is 5.17. The predicted octanol–water partition coefficient (Wildman–Crippen LogP) is 2.54. The van der Waals surface area contributed by atoms with E-state index >= 15 is 0 Å². The molecule has 0 amide bonds. The van der Waals surface area contributed by atoms with Gasteiger partial charge in [0, 0.05) is 17.6 Å². The Bertz CT molecular complexity index is 563. The van der Waals surface area contributed by atoms with Gasteiger partial charge in [0.05, 0.1) is 4.90 Å². The number of hydrogen-bond acceptors (Lipinski definition) is 3. The Morgan fingerprint density at radius 3 is 2.37 bits per heavy atom. The lowest BCUT2D eigenvalue weighted by molar-refractivity contribution is 0.407. The largest absolute Gasteiger partial charge is 0.326 e. The molecule has 0 unspecified atom stereocenters. The molecule has 0 saturated heterocycles. The van der Waals surface area contributed by atoms with Crippen molar-refractivity contribution in [2.24, 2.45) is 11.1 Å². The molecular formula is C13H21BrN2O2S. The average molecular weight is 349 g/mol. The molecule has 0 aliphatic carbocycles. The highest BCUT2D eigenvalue weighted by molar-refractivity contribution is 9.10. The van der Waals surface area contributed by atoms with Crippen LogP contribution in [0.5, 0.6) is 0 Å². The molecule has 0 aliphatic rings. The summed E-state index contributed by atoms with van der Waals surface area (Å²) in [7, 11) is -3.53. The van der Waals surface area contributed by atoms with E-state index in [0.717, 1.165) is 11.1 Å². The van der Waals surface area contributed by atoms with Crippen LogP contribution in [0.1, 0.15) is 31.9 Å². The number of sulfonamides is 1. The van der Waals surface area contributed by atoms with Gasteiger partial charge in [-0.25, -0.2) is 13.1 Å². The van der Waals surface area contributed by atoms with E-state index in [0.29, 0.717) is 17.6 Å². The topological polar surface area (TPSA) is 72.2 Å². The smallest absolute Gasteiger partial charge is 0.241 e. The zero-order valence-corrected chi connectivity index (χ0v) is 14.2. The van der Waals surface area contributed by atoms with E-state index in [2.05, 4.69) is 20.7 Å². The number of hydrogen-bond donors (Lipinski definition) is 2. The molecule has 108 valence electrons. The summed E-state index contributed by atoms with van der Waals surface area (Å²) in [6, 6.07) is 3.49. The van der Waals surface area contributed by atoms with Crippen molar-refractivity contribution in [3.63, 3.8) is 0 Å². The monoisotopic (exact) mass is 348 g/mol. The van der Waals surface area contributed by atoms with Crippen LogP contribution in [0.2, 0.25) is 0 Å². The van der Waals surface area contributed by atoms with Crippen molar-refractivity contribution in [1.82, 2.24) is 4.72 Å². The van der Waals surface area contributed by atoms with Gasteiger partial charge in [0.2, 0.25) is 10.0 Å². The minimum Gasteiger partial charge on any atom is -0.326 e. The summed E-state index contributed by atoms with van der Waals surface area (Å²) in [4.78, 5) is 0.247. The second-order valence-corrected chi connectivity index (χ2v) is 8.34. The molecule has 0 bridgehead atoms. The molecular weight excluding hydrogens is 328 g/mol. The van der Waals surface area contributed by atoms with Crippen molar-refractivity contribution in [1.29, 1.82) is 0 Å². The van der Waals surface area contributed by atoms with E-state index in [1.807, 2.05) is 33.8 Å². The maximum atomic E-state index is 12.3. The van der Waals surface area contributed by atoms with Gasteiger partial charge in [0.15, 0.2) is 0 Å². The van der Waals surface area contributed by atoms with E-state index in [1.54, 1.807) is 6.07 Å². The molecule has 1 aromatic carbocycles. The fourth-order valence-electron chi connectivity index (χ4n) is 1.51. The fraction of sp³-hybridized carbons (Fsp3) is 0.538. The number of nitrogens with two attached hydrogens (primary N) is 1. The Labute approximate surface area is 124 Å². The van der Waals surface area contributed by atoms with E-state index in [9.17, 15) is 8.42 Å². The van der Waals surface area contributed by atoms with Gasteiger partial charge in [-0.1, -0.05) is 26.8 Å². The van der Waals surface area contributed by atoms with Crippen LogP contribution in [0.25, 0.3) is 0 Å². The Morgan fingerprint density at radius 1 is 1.32 bits per heavy atom. The number of rotatable bonds is 4. The molecule has 1 aromatic rings. The fourth-order valence-corrected chi connectivity index (χ4v) is 3.86. The van der Waals surface area contributed by atoms with Crippen LogP contribution < -0.4 is 10.5 Å². The van der Waals surface area contributed by atoms with Crippen molar-refractivity contribution < 1.29 is 8.42 Å². The minimum atomic E-state index is -3.53. The number of benzene rings is 1. The Balaban J connectivity index is 3.17. The van der Waals surface area contributed by atoms with E-state index in [1.165, 1.54) is 0 Å². The third kappa shape index (κ3) is 4.56. The Hall–Kier alpha value is -0.430. The highest BCUT2D eigenvalue weighted by Crippen LogP contribution is 2.27. The molecule has 0 spiro atoms. The van der Waals surface area contributed by atoms with Gasteiger partial charge < -0.3 is 5.73 Å². The van der Waals surface area contributed by atoms with Gasteiger partial charge in [-0.3, -0.25) is 0 Å². The highest BCUT2D eigenvalue weighted by atomic mass is 79.9. The van der Waals surface area contributed by atoms with Crippen molar-refractivity contribution in [2.45, 2.75) is 39.1 Å². The highest BCUT2D eigenvalue weighted by Gasteiger charge is 2.22. The molecule has 6 heteroatoms.